The molecule has 0 atom stereocenters. The molecule has 3 heterocycles. The Morgan fingerprint density at radius 2 is 1.80 bits per heavy atom. The molecule has 0 spiro atoms. The third-order valence-electron chi connectivity index (χ3n) is 6.13. The van der Waals surface area contributed by atoms with Crippen LogP contribution < -0.4 is 15.2 Å². The van der Waals surface area contributed by atoms with Crippen molar-refractivity contribution in [2.75, 3.05) is 14.2 Å². The van der Waals surface area contributed by atoms with Gasteiger partial charge in [-0.1, -0.05) is 0 Å². The van der Waals surface area contributed by atoms with Crippen molar-refractivity contribution in [2.24, 2.45) is 12.0 Å². The summed E-state index contributed by atoms with van der Waals surface area (Å²) in [5.74, 6) is 0.00568. The summed E-state index contributed by atoms with van der Waals surface area (Å²) in [4.78, 5) is 21.4. The van der Waals surface area contributed by atoms with E-state index in [9.17, 15) is 4.79 Å². The molecule has 0 amide bonds. The predicted octanol–water partition coefficient (Wildman–Crippen LogP) is 4.23. The number of methoxy groups -OCH3 is 2. The van der Waals surface area contributed by atoms with E-state index in [0.717, 1.165) is 23.0 Å². The first-order chi connectivity index (χ1) is 16.8. The summed E-state index contributed by atoms with van der Waals surface area (Å²) in [6, 6.07) is 3.62. The number of hydrogen-bond donors (Lipinski definition) is 0. The van der Waals surface area contributed by atoms with Gasteiger partial charge in [-0.15, -0.1) is 0 Å². The first-order valence-electron chi connectivity index (χ1n) is 11.0. The molecule has 0 bridgehead atoms. The van der Waals surface area contributed by atoms with Crippen LogP contribution in [-0.4, -0.2) is 44.8 Å². The lowest BCUT2D eigenvalue weighted by molar-refractivity contribution is 0.406. The second-order valence-electron chi connectivity index (χ2n) is 7.99. The quantitative estimate of drug-likeness (QED) is 0.371. The monoisotopic (exact) mass is 478 g/mol. The van der Waals surface area contributed by atoms with Gasteiger partial charge in [0.05, 0.1) is 43.7 Å². The van der Waals surface area contributed by atoms with E-state index in [2.05, 4.69) is 21.8 Å². The van der Waals surface area contributed by atoms with E-state index in [1.807, 2.05) is 30.8 Å². The van der Waals surface area contributed by atoms with Crippen molar-refractivity contribution >= 4 is 12.4 Å². The summed E-state index contributed by atoms with van der Waals surface area (Å²) in [7, 11) is 4.60. The number of pyridine rings is 1. The summed E-state index contributed by atoms with van der Waals surface area (Å²) < 4.78 is 30.7. The number of halogens is 1. The fraction of sp³-hybridized carbons (Fsp3) is 0.280. The highest BCUT2D eigenvalue weighted by atomic mass is 19.1. The maximum absolute atomic E-state index is 15.1. The zero-order chi connectivity index (χ0) is 25.4. The molecule has 35 heavy (non-hydrogen) atoms. The van der Waals surface area contributed by atoms with E-state index < -0.39 is 11.5 Å². The van der Waals surface area contributed by atoms with Crippen molar-refractivity contribution in [1.82, 2.24) is 23.9 Å². The highest BCUT2D eigenvalue weighted by molar-refractivity contribution is 5.86. The number of rotatable bonds is 7. The minimum absolute atomic E-state index is 0.0337. The van der Waals surface area contributed by atoms with Crippen LogP contribution in [0.3, 0.4) is 0 Å². The Morgan fingerprint density at radius 1 is 1.09 bits per heavy atom. The van der Waals surface area contributed by atoms with E-state index in [0.29, 0.717) is 34.9 Å². The minimum Gasteiger partial charge on any atom is -0.496 e. The fourth-order valence-electron chi connectivity index (χ4n) is 4.22. The lowest BCUT2D eigenvalue weighted by atomic mass is 9.98. The second-order valence-corrected chi connectivity index (χ2v) is 7.99. The van der Waals surface area contributed by atoms with Gasteiger partial charge in [-0.05, 0) is 33.6 Å². The van der Waals surface area contributed by atoms with Crippen LogP contribution in [0.15, 0.2) is 40.5 Å². The van der Waals surface area contributed by atoms with Gasteiger partial charge in [-0.2, -0.15) is 5.10 Å². The molecule has 1 aromatic carbocycles. The number of hydrogen-bond acceptors (Lipinski definition) is 6. The molecule has 0 aliphatic rings. The van der Waals surface area contributed by atoms with Gasteiger partial charge < -0.3 is 9.47 Å². The van der Waals surface area contributed by atoms with Gasteiger partial charge in [-0.3, -0.25) is 23.8 Å². The van der Waals surface area contributed by atoms with Gasteiger partial charge in [0, 0.05) is 48.2 Å². The zero-order valence-electron chi connectivity index (χ0n) is 20.6. The predicted molar refractivity (Wildman–Crippen MR) is 133 cm³/mol. The Morgan fingerprint density at radius 3 is 2.40 bits per heavy atom. The van der Waals surface area contributed by atoms with Crippen LogP contribution in [0.5, 0.6) is 11.5 Å². The van der Waals surface area contributed by atoms with Crippen LogP contribution in [-0.2, 0) is 13.6 Å². The van der Waals surface area contributed by atoms with Gasteiger partial charge in [-0.25, -0.2) is 9.18 Å². The van der Waals surface area contributed by atoms with Crippen molar-refractivity contribution in [3.05, 3.63) is 58.4 Å². The van der Waals surface area contributed by atoms with Crippen molar-refractivity contribution in [2.45, 2.75) is 27.3 Å². The third kappa shape index (κ3) is 3.80. The van der Waals surface area contributed by atoms with Crippen molar-refractivity contribution < 1.29 is 13.9 Å². The van der Waals surface area contributed by atoms with E-state index in [1.165, 1.54) is 22.4 Å². The van der Waals surface area contributed by atoms with Gasteiger partial charge in [0.2, 0.25) is 0 Å². The van der Waals surface area contributed by atoms with Crippen molar-refractivity contribution in [3.8, 4) is 39.6 Å². The van der Waals surface area contributed by atoms with Crippen LogP contribution >= 0.6 is 0 Å². The number of ether oxygens (including phenoxy) is 2. The van der Waals surface area contributed by atoms with Crippen LogP contribution in [0.4, 0.5) is 10.1 Å². The molecule has 4 aromatic rings. The lowest BCUT2D eigenvalue weighted by Gasteiger charge is -2.17. The third-order valence-corrected chi connectivity index (χ3v) is 6.13. The molecule has 0 saturated heterocycles. The maximum Gasteiger partial charge on any atom is 0.333 e. The maximum atomic E-state index is 15.1. The molecular formula is C25H27FN6O3. The number of aromatic nitrogens is 5. The largest absolute Gasteiger partial charge is 0.496 e. The number of aliphatic imine (C=N–C) groups is 1. The van der Waals surface area contributed by atoms with Gasteiger partial charge >= 0.3 is 5.69 Å². The standard InChI is InChI=1S/C25H27FN6O3/c1-8-31-13-18(14(2)29-31)16-9-17(20(27-4)10-21(16)34-6)23-15(3)30(5)25(33)32(23)24-19(26)11-28-12-22(24)35-7/h9-13H,4,8H2,1-3,5-7H3. The summed E-state index contributed by atoms with van der Waals surface area (Å²) in [5, 5.41) is 4.55. The molecule has 4 rings (SSSR count). The first kappa shape index (κ1) is 23.9. The molecule has 0 aliphatic heterocycles. The van der Waals surface area contributed by atoms with Gasteiger partial charge in [0.25, 0.3) is 0 Å². The van der Waals surface area contributed by atoms with Crippen molar-refractivity contribution in [3.63, 3.8) is 0 Å². The topological polar surface area (TPSA) is 88.5 Å². The SMILES string of the molecule is C=Nc1cc(OC)c(-c2cn(CC)nc2C)cc1-c1c(C)n(C)c(=O)n1-c1c(F)cncc1OC. The Balaban J connectivity index is 2.12. The van der Waals surface area contributed by atoms with E-state index in [-0.39, 0.29) is 11.4 Å². The molecule has 182 valence electrons. The fourth-order valence-corrected chi connectivity index (χ4v) is 4.22. The Kier molecular flexibility index (Phi) is 6.29. The number of benzene rings is 1. The molecule has 3 aromatic heterocycles. The number of aryl methyl sites for hydroxylation is 2. The van der Waals surface area contributed by atoms with Gasteiger partial charge in [0.15, 0.2) is 11.6 Å². The molecule has 0 radical (unpaired) electrons. The molecule has 0 saturated carbocycles. The average molecular weight is 479 g/mol. The summed E-state index contributed by atoms with van der Waals surface area (Å²) in [6.07, 6.45) is 4.35. The van der Waals surface area contributed by atoms with E-state index in [4.69, 9.17) is 9.47 Å². The van der Waals surface area contributed by atoms with Crippen LogP contribution in [0.1, 0.15) is 18.3 Å². The summed E-state index contributed by atoms with van der Waals surface area (Å²) in [5.41, 5.74) is 4.08. The number of imidazole rings is 1. The molecule has 9 nitrogen and oxygen atoms in total. The Hall–Kier alpha value is -4.21. The zero-order valence-corrected chi connectivity index (χ0v) is 20.6. The van der Waals surface area contributed by atoms with E-state index >= 15 is 4.39 Å². The minimum atomic E-state index is -0.694. The highest BCUT2D eigenvalue weighted by Crippen LogP contribution is 2.43. The molecule has 10 heteroatoms. The molecule has 0 unspecified atom stereocenters. The van der Waals surface area contributed by atoms with Gasteiger partial charge in [0.1, 0.15) is 11.4 Å². The Labute approximate surface area is 202 Å². The van der Waals surface area contributed by atoms with Crippen LogP contribution in [0.25, 0.3) is 28.1 Å². The molecule has 0 aliphatic carbocycles. The molecule has 0 N–H and O–H groups in total. The average Bonchev–Trinajstić information content (AvgIpc) is 3.35. The second kappa shape index (κ2) is 9.21. The van der Waals surface area contributed by atoms with E-state index in [1.54, 1.807) is 27.1 Å². The lowest BCUT2D eigenvalue weighted by Crippen LogP contribution is -2.23. The van der Waals surface area contributed by atoms with Crippen molar-refractivity contribution in [1.29, 1.82) is 0 Å². The summed E-state index contributed by atoms with van der Waals surface area (Å²) >= 11 is 0. The molecule has 0 fully saturated rings. The summed E-state index contributed by atoms with van der Waals surface area (Å²) in [6.45, 7) is 10.1. The number of nitrogens with zero attached hydrogens (tertiary/aromatic N) is 6. The smallest absolute Gasteiger partial charge is 0.333 e. The molecular weight excluding hydrogens is 451 g/mol. The highest BCUT2D eigenvalue weighted by Gasteiger charge is 2.26. The first-order valence-corrected chi connectivity index (χ1v) is 11.0. The normalized spacial score (nSPS) is 11.1. The Bertz CT molecular complexity index is 1500. The van der Waals surface area contributed by atoms with Crippen LogP contribution in [0.2, 0.25) is 0 Å². The van der Waals surface area contributed by atoms with Crippen LogP contribution in [0, 0.1) is 19.7 Å².